The maximum Gasteiger partial charge on any atom is 0.410 e. The van der Waals surface area contributed by atoms with Crippen LogP contribution >= 0.6 is 0 Å². The van der Waals surface area contributed by atoms with Crippen molar-refractivity contribution in [2.45, 2.75) is 52.2 Å². The Kier molecular flexibility index (Phi) is 5.92. The number of hydrogen-bond donors (Lipinski definition) is 1. The van der Waals surface area contributed by atoms with E-state index in [4.69, 9.17) is 4.74 Å². The van der Waals surface area contributed by atoms with Gasteiger partial charge in [-0.1, -0.05) is 0 Å². The van der Waals surface area contributed by atoms with Crippen molar-refractivity contribution >= 4 is 28.7 Å². The Morgan fingerprint density at radius 3 is 2.50 bits per heavy atom. The summed E-state index contributed by atoms with van der Waals surface area (Å²) in [7, 11) is 1.68. The molecule has 1 saturated heterocycles. The van der Waals surface area contributed by atoms with Gasteiger partial charge in [0, 0.05) is 44.3 Å². The Balaban J connectivity index is 1.81. The Bertz CT molecular complexity index is 958. The Hall–Kier alpha value is -2.84. The summed E-state index contributed by atoms with van der Waals surface area (Å²) in [5.41, 5.74) is -0.197. The molecular weight excluding hydrogens is 391 g/mol. The van der Waals surface area contributed by atoms with Gasteiger partial charge in [0.2, 0.25) is 0 Å². The van der Waals surface area contributed by atoms with Crippen LogP contribution in [0.15, 0.2) is 12.3 Å². The maximum absolute atomic E-state index is 14.6. The molecule has 3 rings (SSSR count). The van der Waals surface area contributed by atoms with Crippen molar-refractivity contribution in [3.63, 3.8) is 0 Å². The van der Waals surface area contributed by atoms with Gasteiger partial charge >= 0.3 is 12.1 Å². The topological polar surface area (TPSA) is 87.9 Å². The first kappa shape index (κ1) is 21.9. The molecule has 1 N–H and O–H groups in total. The molecule has 0 saturated carbocycles. The van der Waals surface area contributed by atoms with E-state index in [1.807, 2.05) is 32.6 Å². The molecule has 0 aliphatic carbocycles. The summed E-state index contributed by atoms with van der Waals surface area (Å²) in [5, 5.41) is 14.1. The summed E-state index contributed by atoms with van der Waals surface area (Å²) in [6, 6.07) is 1.31. The van der Waals surface area contributed by atoms with Gasteiger partial charge in [-0.3, -0.25) is 4.68 Å². The van der Waals surface area contributed by atoms with Gasteiger partial charge in [0.1, 0.15) is 22.5 Å². The molecular formula is C21H29FN4O4. The smallest absolute Gasteiger partial charge is 0.410 e. The average molecular weight is 420 g/mol. The molecule has 2 heterocycles. The summed E-state index contributed by atoms with van der Waals surface area (Å²) in [4.78, 5) is 27.8. The number of benzene rings is 1. The van der Waals surface area contributed by atoms with Gasteiger partial charge in [-0.25, -0.2) is 14.0 Å². The van der Waals surface area contributed by atoms with Crippen LogP contribution in [0.5, 0.6) is 0 Å². The van der Waals surface area contributed by atoms with Gasteiger partial charge in [0.15, 0.2) is 0 Å². The van der Waals surface area contributed by atoms with Gasteiger partial charge in [-0.05, 0) is 46.6 Å². The van der Waals surface area contributed by atoms with Crippen LogP contribution in [0.4, 0.5) is 14.9 Å². The molecule has 0 bridgehead atoms. The molecule has 8 nitrogen and oxygen atoms in total. The Morgan fingerprint density at radius 2 is 1.97 bits per heavy atom. The number of rotatable bonds is 4. The van der Waals surface area contributed by atoms with E-state index in [1.165, 1.54) is 10.7 Å². The van der Waals surface area contributed by atoms with Crippen molar-refractivity contribution < 1.29 is 23.8 Å². The first-order chi connectivity index (χ1) is 14.0. The van der Waals surface area contributed by atoms with Gasteiger partial charge < -0.3 is 19.6 Å². The standard InChI is InChI=1S/C21H29FN4O4/c1-6-26(20(29)30-21(2,3)4)13-7-9-25(10-8-13)16-11-15(22)17(19(27)28)18-14(16)12-24(5)23-18/h11-13H,6-10H2,1-5H3,(H,27,28). The number of anilines is 1. The monoisotopic (exact) mass is 420 g/mol. The summed E-state index contributed by atoms with van der Waals surface area (Å²) in [5.74, 6) is -2.13. The molecule has 1 fully saturated rings. The number of fused-ring (bicyclic) bond motifs is 1. The number of nitrogens with zero attached hydrogens (tertiary/aromatic N) is 4. The van der Waals surface area contributed by atoms with E-state index in [0.717, 1.165) is 0 Å². The minimum atomic E-state index is -1.34. The number of piperidine rings is 1. The van der Waals surface area contributed by atoms with Crippen LogP contribution in [-0.4, -0.2) is 63.1 Å². The van der Waals surface area contributed by atoms with E-state index in [9.17, 15) is 19.1 Å². The predicted octanol–water partition coefficient (Wildman–Crippen LogP) is 3.64. The Morgan fingerprint density at radius 1 is 1.33 bits per heavy atom. The molecule has 9 heteroatoms. The molecule has 1 aliphatic rings. The van der Waals surface area contributed by atoms with Gasteiger partial charge in [-0.2, -0.15) is 5.10 Å². The number of aromatic nitrogens is 2. The highest BCUT2D eigenvalue weighted by Gasteiger charge is 2.31. The van der Waals surface area contributed by atoms with Gasteiger partial charge in [0.25, 0.3) is 0 Å². The molecule has 2 aromatic rings. The van der Waals surface area contributed by atoms with E-state index < -0.39 is 23.0 Å². The fraction of sp³-hybridized carbons (Fsp3) is 0.571. The van der Waals surface area contributed by atoms with Crippen LogP contribution in [0.3, 0.4) is 0 Å². The minimum absolute atomic E-state index is 0.0358. The second-order valence-electron chi connectivity index (χ2n) is 8.61. The van der Waals surface area contributed by atoms with Crippen LogP contribution in [0, 0.1) is 5.82 Å². The lowest BCUT2D eigenvalue weighted by Gasteiger charge is -2.39. The van der Waals surface area contributed by atoms with E-state index in [-0.39, 0.29) is 17.7 Å². The number of aromatic carboxylic acids is 1. The molecule has 1 aliphatic heterocycles. The number of hydrogen-bond acceptors (Lipinski definition) is 5. The summed E-state index contributed by atoms with van der Waals surface area (Å²) in [6.07, 6.45) is 2.80. The fourth-order valence-electron chi connectivity index (χ4n) is 3.98. The number of carbonyl (C=O) groups is 2. The SMILES string of the molecule is CCN(C(=O)OC(C)(C)C)C1CCN(c2cc(F)c(C(=O)O)c3nn(C)cc23)CC1. The number of halogens is 1. The zero-order chi connectivity index (χ0) is 22.2. The lowest BCUT2D eigenvalue weighted by Crippen LogP contribution is -2.48. The highest BCUT2D eigenvalue weighted by atomic mass is 19.1. The van der Waals surface area contributed by atoms with Crippen LogP contribution in [-0.2, 0) is 11.8 Å². The van der Waals surface area contributed by atoms with Crippen molar-refractivity contribution in [3.8, 4) is 0 Å². The lowest BCUT2D eigenvalue weighted by atomic mass is 10.0. The minimum Gasteiger partial charge on any atom is -0.478 e. The van der Waals surface area contributed by atoms with Crippen LogP contribution in [0.25, 0.3) is 10.9 Å². The van der Waals surface area contributed by atoms with Gasteiger partial charge in [0.05, 0.1) is 5.69 Å². The van der Waals surface area contributed by atoms with E-state index in [0.29, 0.717) is 43.5 Å². The average Bonchev–Trinajstić information content (AvgIpc) is 3.01. The molecule has 0 unspecified atom stereocenters. The number of carboxylic acids is 1. The summed E-state index contributed by atoms with van der Waals surface area (Å²) >= 11 is 0. The highest BCUT2D eigenvalue weighted by molar-refractivity contribution is 6.06. The molecule has 0 spiro atoms. The van der Waals surface area contributed by atoms with E-state index in [2.05, 4.69) is 5.10 Å². The van der Waals surface area contributed by atoms with Crippen molar-refractivity contribution in [1.82, 2.24) is 14.7 Å². The van der Waals surface area contributed by atoms with E-state index >= 15 is 0 Å². The molecule has 1 aromatic carbocycles. The number of carbonyl (C=O) groups excluding carboxylic acids is 1. The summed E-state index contributed by atoms with van der Waals surface area (Å²) < 4.78 is 21.6. The molecule has 0 radical (unpaired) electrons. The quantitative estimate of drug-likeness (QED) is 0.813. The zero-order valence-corrected chi connectivity index (χ0v) is 18.1. The third-order valence-electron chi connectivity index (χ3n) is 5.27. The van der Waals surface area contributed by atoms with Crippen molar-refractivity contribution in [1.29, 1.82) is 0 Å². The molecule has 1 aromatic heterocycles. The molecule has 0 atom stereocenters. The predicted molar refractivity (Wildman–Crippen MR) is 111 cm³/mol. The van der Waals surface area contributed by atoms with Crippen molar-refractivity contribution in [2.24, 2.45) is 7.05 Å². The highest BCUT2D eigenvalue weighted by Crippen LogP contribution is 2.33. The number of carboxylic acid groups (broad SMARTS) is 1. The first-order valence-corrected chi connectivity index (χ1v) is 10.2. The second-order valence-corrected chi connectivity index (χ2v) is 8.61. The van der Waals surface area contributed by atoms with Crippen molar-refractivity contribution in [2.75, 3.05) is 24.5 Å². The van der Waals surface area contributed by atoms with Crippen LogP contribution < -0.4 is 4.90 Å². The third-order valence-corrected chi connectivity index (χ3v) is 5.27. The Labute approximate surface area is 175 Å². The largest absolute Gasteiger partial charge is 0.478 e. The zero-order valence-electron chi connectivity index (χ0n) is 18.1. The number of aryl methyl sites for hydroxylation is 1. The normalized spacial score (nSPS) is 15.5. The number of ether oxygens (including phenoxy) is 1. The maximum atomic E-state index is 14.6. The number of amides is 1. The fourth-order valence-corrected chi connectivity index (χ4v) is 3.98. The van der Waals surface area contributed by atoms with Crippen LogP contribution in [0.2, 0.25) is 0 Å². The summed E-state index contributed by atoms with van der Waals surface area (Å²) in [6.45, 7) is 9.23. The van der Waals surface area contributed by atoms with Crippen LogP contribution in [0.1, 0.15) is 50.9 Å². The molecule has 30 heavy (non-hydrogen) atoms. The first-order valence-electron chi connectivity index (χ1n) is 10.2. The third kappa shape index (κ3) is 4.34. The van der Waals surface area contributed by atoms with Crippen molar-refractivity contribution in [3.05, 3.63) is 23.6 Å². The lowest BCUT2D eigenvalue weighted by molar-refractivity contribution is 0.0149. The van der Waals surface area contributed by atoms with Gasteiger partial charge in [-0.15, -0.1) is 0 Å². The molecule has 1 amide bonds. The second kappa shape index (κ2) is 8.12. The molecule has 164 valence electrons. The van der Waals surface area contributed by atoms with E-state index in [1.54, 1.807) is 18.1 Å².